The van der Waals surface area contributed by atoms with Gasteiger partial charge in [0.15, 0.2) is 0 Å². The Kier molecular flexibility index (Phi) is 4.20. The van der Waals surface area contributed by atoms with Crippen molar-refractivity contribution < 1.29 is 9.59 Å². The molecule has 4 heteroatoms. The van der Waals surface area contributed by atoms with Gasteiger partial charge in [0.05, 0.1) is 0 Å². The second-order valence-corrected chi connectivity index (χ2v) is 5.30. The summed E-state index contributed by atoms with van der Waals surface area (Å²) in [4.78, 5) is 25.6. The fourth-order valence-electron chi connectivity index (χ4n) is 2.26. The quantitative estimate of drug-likeness (QED) is 0.787. The van der Waals surface area contributed by atoms with E-state index in [1.54, 1.807) is 11.0 Å². The molecule has 1 fully saturated rings. The Hall–Kier alpha value is -1.84. The number of hydrogen-bond donors (Lipinski definition) is 1. The van der Waals surface area contributed by atoms with Crippen LogP contribution < -0.4 is 5.32 Å². The van der Waals surface area contributed by atoms with Gasteiger partial charge in [-0.05, 0) is 43.4 Å². The maximum absolute atomic E-state index is 12.0. The van der Waals surface area contributed by atoms with E-state index >= 15 is 0 Å². The largest absolute Gasteiger partial charge is 0.334 e. The van der Waals surface area contributed by atoms with E-state index < -0.39 is 11.8 Å². The topological polar surface area (TPSA) is 49.4 Å². The number of nitrogens with zero attached hydrogens (tertiary/aromatic N) is 1. The molecule has 0 unspecified atom stereocenters. The average Bonchev–Trinajstić information content (AvgIpc) is 2.39. The molecule has 0 atom stereocenters. The molecule has 0 saturated carbocycles. The van der Waals surface area contributed by atoms with Crippen LogP contribution in [0.15, 0.2) is 24.3 Å². The Balaban J connectivity index is 1.94. The van der Waals surface area contributed by atoms with Crippen molar-refractivity contribution in [3.8, 4) is 0 Å². The zero-order chi connectivity index (χ0) is 13.8. The van der Waals surface area contributed by atoms with E-state index in [-0.39, 0.29) is 0 Å². The summed E-state index contributed by atoms with van der Waals surface area (Å²) in [6, 6.07) is 7.45. The second-order valence-electron chi connectivity index (χ2n) is 5.30. The van der Waals surface area contributed by atoms with Crippen LogP contribution >= 0.6 is 0 Å². The first-order chi connectivity index (χ1) is 9.06. The zero-order valence-electron chi connectivity index (χ0n) is 11.5. The third-order valence-electron chi connectivity index (χ3n) is 3.54. The van der Waals surface area contributed by atoms with Crippen LogP contribution in [0.1, 0.15) is 25.3 Å². The average molecular weight is 260 g/mol. The summed E-state index contributed by atoms with van der Waals surface area (Å²) in [5.74, 6) is -0.322. The Morgan fingerprint density at radius 1 is 1.26 bits per heavy atom. The van der Waals surface area contributed by atoms with Gasteiger partial charge >= 0.3 is 11.8 Å². The molecule has 1 aliphatic rings. The van der Waals surface area contributed by atoms with E-state index in [0.29, 0.717) is 24.7 Å². The van der Waals surface area contributed by atoms with Crippen molar-refractivity contribution in [3.63, 3.8) is 0 Å². The molecule has 2 amide bonds. The molecule has 1 aliphatic heterocycles. The number of likely N-dealkylation sites (tertiary alicyclic amines) is 1. The number of amides is 2. The number of carbonyl (C=O) groups is 2. The highest BCUT2D eigenvalue weighted by molar-refractivity contribution is 6.39. The van der Waals surface area contributed by atoms with Gasteiger partial charge in [0.2, 0.25) is 0 Å². The lowest BCUT2D eigenvalue weighted by molar-refractivity contribution is -0.144. The second kappa shape index (κ2) is 5.87. The summed E-state index contributed by atoms with van der Waals surface area (Å²) in [6.45, 7) is 5.49. The fourth-order valence-corrected chi connectivity index (χ4v) is 2.26. The minimum Gasteiger partial charge on any atom is -0.334 e. The third kappa shape index (κ3) is 3.56. The zero-order valence-corrected chi connectivity index (χ0v) is 11.5. The number of benzene rings is 1. The Morgan fingerprint density at radius 3 is 2.58 bits per heavy atom. The number of carbonyl (C=O) groups excluding carboxylic acids is 2. The molecule has 19 heavy (non-hydrogen) atoms. The number of rotatable bonds is 1. The molecule has 1 N–H and O–H groups in total. The van der Waals surface area contributed by atoms with E-state index in [0.717, 1.165) is 18.4 Å². The highest BCUT2D eigenvalue weighted by Gasteiger charge is 2.25. The van der Waals surface area contributed by atoms with E-state index in [1.165, 1.54) is 0 Å². The van der Waals surface area contributed by atoms with Gasteiger partial charge in [-0.15, -0.1) is 0 Å². The molecule has 1 aromatic rings. The van der Waals surface area contributed by atoms with E-state index in [1.807, 2.05) is 25.1 Å². The highest BCUT2D eigenvalue weighted by atomic mass is 16.2. The van der Waals surface area contributed by atoms with Crippen molar-refractivity contribution in [1.82, 2.24) is 4.90 Å². The lowest BCUT2D eigenvalue weighted by Gasteiger charge is -2.29. The van der Waals surface area contributed by atoms with Crippen molar-refractivity contribution in [3.05, 3.63) is 29.8 Å². The molecule has 1 heterocycles. The minimum absolute atomic E-state index is 0.423. The molecule has 0 radical (unpaired) electrons. The summed E-state index contributed by atoms with van der Waals surface area (Å²) in [5, 5.41) is 2.66. The van der Waals surface area contributed by atoms with Crippen molar-refractivity contribution >= 4 is 17.5 Å². The van der Waals surface area contributed by atoms with Crippen molar-refractivity contribution in [2.45, 2.75) is 26.7 Å². The molecule has 1 saturated heterocycles. The molecule has 0 aromatic heterocycles. The van der Waals surface area contributed by atoms with Gasteiger partial charge < -0.3 is 10.2 Å². The number of hydrogen-bond acceptors (Lipinski definition) is 2. The van der Waals surface area contributed by atoms with E-state index in [9.17, 15) is 9.59 Å². The van der Waals surface area contributed by atoms with Gasteiger partial charge in [-0.25, -0.2) is 0 Å². The monoisotopic (exact) mass is 260 g/mol. The van der Waals surface area contributed by atoms with Crippen LogP contribution in [0.4, 0.5) is 5.69 Å². The Bertz CT molecular complexity index is 477. The number of anilines is 1. The van der Waals surface area contributed by atoms with Crippen molar-refractivity contribution in [2.24, 2.45) is 5.92 Å². The van der Waals surface area contributed by atoms with Crippen molar-refractivity contribution in [1.29, 1.82) is 0 Å². The minimum atomic E-state index is -0.542. The highest BCUT2D eigenvalue weighted by Crippen LogP contribution is 2.16. The Morgan fingerprint density at radius 2 is 1.95 bits per heavy atom. The SMILES string of the molecule is Cc1cccc(NC(=O)C(=O)N2CCC(C)CC2)c1. The molecule has 2 rings (SSSR count). The molecule has 0 spiro atoms. The molecular weight excluding hydrogens is 240 g/mol. The molecule has 0 aliphatic carbocycles. The summed E-state index contributed by atoms with van der Waals surface area (Å²) < 4.78 is 0. The first-order valence-electron chi connectivity index (χ1n) is 6.73. The van der Waals surface area contributed by atoms with Crippen LogP contribution in [0, 0.1) is 12.8 Å². The molecule has 0 bridgehead atoms. The van der Waals surface area contributed by atoms with Crippen LogP contribution in [-0.4, -0.2) is 29.8 Å². The fraction of sp³-hybridized carbons (Fsp3) is 0.467. The normalized spacial score (nSPS) is 16.2. The van der Waals surface area contributed by atoms with Gasteiger partial charge in [-0.1, -0.05) is 19.1 Å². The predicted octanol–water partition coefficient (Wildman–Crippen LogP) is 2.19. The first kappa shape index (κ1) is 13.6. The first-order valence-corrected chi connectivity index (χ1v) is 6.73. The number of nitrogens with one attached hydrogen (secondary N) is 1. The third-order valence-corrected chi connectivity index (χ3v) is 3.54. The number of piperidine rings is 1. The lowest BCUT2D eigenvalue weighted by atomic mass is 9.99. The molecular formula is C15H20N2O2. The van der Waals surface area contributed by atoms with Gasteiger partial charge in [0.1, 0.15) is 0 Å². The van der Waals surface area contributed by atoms with E-state index in [2.05, 4.69) is 12.2 Å². The lowest BCUT2D eigenvalue weighted by Crippen LogP contribution is -2.43. The molecule has 4 nitrogen and oxygen atoms in total. The van der Waals surface area contributed by atoms with Crippen LogP contribution in [0.2, 0.25) is 0 Å². The van der Waals surface area contributed by atoms with Gasteiger partial charge in [0, 0.05) is 18.8 Å². The van der Waals surface area contributed by atoms with Gasteiger partial charge in [0.25, 0.3) is 0 Å². The van der Waals surface area contributed by atoms with Crippen LogP contribution in [0.5, 0.6) is 0 Å². The molecule has 1 aromatic carbocycles. The van der Waals surface area contributed by atoms with Crippen LogP contribution in [0.3, 0.4) is 0 Å². The van der Waals surface area contributed by atoms with Crippen LogP contribution in [-0.2, 0) is 9.59 Å². The maximum Gasteiger partial charge on any atom is 0.313 e. The van der Waals surface area contributed by atoms with Crippen LogP contribution in [0.25, 0.3) is 0 Å². The van der Waals surface area contributed by atoms with Crippen molar-refractivity contribution in [2.75, 3.05) is 18.4 Å². The standard InChI is InChI=1S/C15H20N2O2/c1-11-6-8-17(9-7-11)15(19)14(18)16-13-5-3-4-12(2)10-13/h3-5,10-11H,6-9H2,1-2H3,(H,16,18). The Labute approximate surface area is 113 Å². The predicted molar refractivity (Wildman–Crippen MR) is 74.8 cm³/mol. The smallest absolute Gasteiger partial charge is 0.313 e. The summed E-state index contributed by atoms with van der Waals surface area (Å²) in [7, 11) is 0. The number of aryl methyl sites for hydroxylation is 1. The molecule has 102 valence electrons. The summed E-state index contributed by atoms with van der Waals surface area (Å²) >= 11 is 0. The van der Waals surface area contributed by atoms with E-state index in [4.69, 9.17) is 0 Å². The van der Waals surface area contributed by atoms with Gasteiger partial charge in [-0.3, -0.25) is 9.59 Å². The maximum atomic E-state index is 12.0. The summed E-state index contributed by atoms with van der Waals surface area (Å²) in [5.41, 5.74) is 1.72. The van der Waals surface area contributed by atoms with Gasteiger partial charge in [-0.2, -0.15) is 0 Å². The summed E-state index contributed by atoms with van der Waals surface area (Å²) in [6.07, 6.45) is 1.95.